The van der Waals surface area contributed by atoms with Crippen LogP contribution in [0.25, 0.3) is 33.6 Å². The maximum Gasteiger partial charge on any atom is 0.0346 e. The van der Waals surface area contributed by atoms with E-state index in [-0.39, 0.29) is 20.1 Å². The molecule has 1 radical (unpaired) electrons. The van der Waals surface area contributed by atoms with Crippen molar-refractivity contribution in [2.24, 2.45) is 0 Å². The Kier molecular flexibility index (Phi) is 8.36. The van der Waals surface area contributed by atoms with Crippen LogP contribution in [-0.2, 0) is 20.1 Å². The first-order valence-corrected chi connectivity index (χ1v) is 9.62. The second-order valence-electron chi connectivity index (χ2n) is 6.44. The topological polar surface area (TPSA) is 38.7 Å². The van der Waals surface area contributed by atoms with Crippen LogP contribution in [-0.4, -0.2) is 15.0 Å². The van der Waals surface area contributed by atoms with Gasteiger partial charge in [0.15, 0.2) is 0 Å². The van der Waals surface area contributed by atoms with E-state index in [1.54, 1.807) is 12.4 Å². The molecule has 0 N–H and O–H groups in total. The summed E-state index contributed by atoms with van der Waals surface area (Å²) < 4.78 is 0. The Morgan fingerprint density at radius 2 is 1.26 bits per heavy atom. The monoisotopic (exact) mass is 578 g/mol. The Morgan fingerprint density at radius 3 is 1.87 bits per heavy atom. The smallest absolute Gasteiger partial charge is 0.0346 e. The zero-order chi connectivity index (χ0) is 20.4. The van der Waals surface area contributed by atoms with Gasteiger partial charge in [0.25, 0.3) is 0 Å². The van der Waals surface area contributed by atoms with Crippen LogP contribution in [0.5, 0.6) is 0 Å². The van der Waals surface area contributed by atoms with Gasteiger partial charge in [0.1, 0.15) is 0 Å². The number of rotatable bonds is 3. The maximum atomic E-state index is 4.38. The van der Waals surface area contributed by atoms with E-state index in [1.165, 1.54) is 0 Å². The minimum atomic E-state index is 0. The van der Waals surface area contributed by atoms with Gasteiger partial charge in [0.05, 0.1) is 0 Å². The van der Waals surface area contributed by atoms with Crippen LogP contribution in [0.4, 0.5) is 0 Å². The van der Waals surface area contributed by atoms with Gasteiger partial charge in [-0.1, -0.05) is 24.3 Å². The summed E-state index contributed by atoms with van der Waals surface area (Å²) in [5.41, 5.74) is 6.15. The number of hydrogen-bond donors (Lipinski definition) is 0. The van der Waals surface area contributed by atoms with Crippen LogP contribution in [0.2, 0.25) is 0 Å². The number of nitrogens with zero attached hydrogens (tertiary/aromatic N) is 3. The zero-order valence-corrected chi connectivity index (χ0v) is 19.0. The molecule has 4 heteroatoms. The number of hydrogen-bond acceptors (Lipinski definition) is 3. The van der Waals surface area contributed by atoms with Gasteiger partial charge in [0.2, 0.25) is 0 Å². The Hall–Kier alpha value is -3.46. The average Bonchev–Trinajstić information content (AvgIpc) is 2.87. The van der Waals surface area contributed by atoms with E-state index in [4.69, 9.17) is 0 Å². The van der Waals surface area contributed by atoms with Crippen molar-refractivity contribution in [3.8, 4) is 33.6 Å². The molecule has 0 saturated heterocycles. The first-order valence-electron chi connectivity index (χ1n) is 9.62. The van der Waals surface area contributed by atoms with Crippen LogP contribution < -0.4 is 0 Å². The van der Waals surface area contributed by atoms with Gasteiger partial charge in [-0.3, -0.25) is 4.98 Å². The molecule has 3 heterocycles. The van der Waals surface area contributed by atoms with E-state index in [9.17, 15) is 0 Å². The van der Waals surface area contributed by atoms with Crippen LogP contribution in [0.1, 0.15) is 0 Å². The van der Waals surface area contributed by atoms with Gasteiger partial charge in [-0.25, -0.2) is 0 Å². The number of pyridine rings is 3. The van der Waals surface area contributed by atoms with Gasteiger partial charge in [-0.15, -0.1) is 71.8 Å². The fourth-order valence-electron chi connectivity index (χ4n) is 2.92. The van der Waals surface area contributed by atoms with Crippen LogP contribution in [0.3, 0.4) is 0 Å². The summed E-state index contributed by atoms with van der Waals surface area (Å²) in [5, 5.41) is 0. The first kappa shape index (κ1) is 22.2. The van der Waals surface area contributed by atoms with E-state index in [2.05, 4.69) is 33.2 Å². The van der Waals surface area contributed by atoms with E-state index in [0.717, 1.165) is 33.6 Å². The third kappa shape index (κ3) is 6.26. The molecular weight excluding hydrogens is 559 g/mol. The Labute approximate surface area is 196 Å². The normalized spacial score (nSPS) is 9.68. The maximum absolute atomic E-state index is 4.38. The molecule has 0 aliphatic carbocycles. The average molecular weight is 578 g/mol. The van der Waals surface area contributed by atoms with Crippen molar-refractivity contribution in [2.75, 3.05) is 0 Å². The van der Waals surface area contributed by atoms with Gasteiger partial charge in [0, 0.05) is 44.9 Å². The molecule has 5 aromatic rings. The summed E-state index contributed by atoms with van der Waals surface area (Å²) in [4.78, 5) is 12.7. The molecule has 0 aliphatic heterocycles. The van der Waals surface area contributed by atoms with Crippen molar-refractivity contribution >= 4 is 0 Å². The summed E-state index contributed by atoms with van der Waals surface area (Å²) in [6, 6.07) is 35.9. The molecule has 0 saturated carbocycles. The summed E-state index contributed by atoms with van der Waals surface area (Å²) in [5.74, 6) is 0. The van der Waals surface area contributed by atoms with E-state index < -0.39 is 0 Å². The van der Waals surface area contributed by atoms with Crippen molar-refractivity contribution in [1.29, 1.82) is 0 Å². The predicted octanol–water partition coefficient (Wildman–Crippen LogP) is 6.16. The van der Waals surface area contributed by atoms with Gasteiger partial charge in [-0.05, 0) is 40.7 Å². The van der Waals surface area contributed by atoms with Crippen LogP contribution >= 0.6 is 0 Å². The summed E-state index contributed by atoms with van der Waals surface area (Å²) >= 11 is 0. The van der Waals surface area contributed by atoms with Crippen LogP contribution in [0.15, 0.2) is 116 Å². The second-order valence-corrected chi connectivity index (χ2v) is 6.44. The minimum Gasteiger partial charge on any atom is -0.305 e. The largest absolute Gasteiger partial charge is 0.305 e. The fraction of sp³-hybridized carbons (Fsp3) is 0. The molecule has 31 heavy (non-hydrogen) atoms. The fourth-order valence-corrected chi connectivity index (χ4v) is 2.92. The first-order chi connectivity index (χ1) is 14.9. The Bertz CT molecular complexity index is 1070. The number of benzene rings is 2. The molecule has 3 aromatic heterocycles. The molecule has 3 nitrogen and oxygen atoms in total. The third-order valence-corrected chi connectivity index (χ3v) is 4.39. The van der Waals surface area contributed by atoms with Gasteiger partial charge < -0.3 is 9.97 Å². The van der Waals surface area contributed by atoms with Crippen LogP contribution in [0, 0.1) is 12.1 Å². The minimum absolute atomic E-state index is 0. The standard InChI is InChI=1S/C16H11N2.C11H8N.Ir/c1-2-5-13(6-3-1)16-11-14(8-10-18-16)15-7-4-9-17-12-15;1-2-6-10(7-3-1)11-8-4-5-9-12-11;/h1-5,7-12H;1-6,8-9H;/q2*-1;. The summed E-state index contributed by atoms with van der Waals surface area (Å²) in [6.07, 6.45) is 7.24. The molecular formula is C27H19IrN3-2. The zero-order valence-electron chi connectivity index (χ0n) is 16.6. The van der Waals surface area contributed by atoms with Gasteiger partial charge >= 0.3 is 0 Å². The van der Waals surface area contributed by atoms with Crippen molar-refractivity contribution in [2.45, 2.75) is 0 Å². The van der Waals surface area contributed by atoms with Crippen molar-refractivity contribution in [1.82, 2.24) is 15.0 Å². The molecule has 0 atom stereocenters. The van der Waals surface area contributed by atoms with Crippen molar-refractivity contribution < 1.29 is 20.1 Å². The molecule has 0 unspecified atom stereocenters. The Morgan fingerprint density at radius 1 is 0.548 bits per heavy atom. The molecule has 2 aromatic carbocycles. The second kappa shape index (κ2) is 11.7. The summed E-state index contributed by atoms with van der Waals surface area (Å²) in [6.45, 7) is 0. The molecule has 0 aliphatic rings. The van der Waals surface area contributed by atoms with Crippen molar-refractivity contribution in [3.63, 3.8) is 0 Å². The quantitative estimate of drug-likeness (QED) is 0.241. The van der Waals surface area contributed by atoms with E-state index >= 15 is 0 Å². The molecule has 0 amide bonds. The van der Waals surface area contributed by atoms with E-state index in [0.29, 0.717) is 0 Å². The molecule has 0 fully saturated rings. The number of aromatic nitrogens is 3. The molecule has 0 spiro atoms. The predicted molar refractivity (Wildman–Crippen MR) is 120 cm³/mol. The Balaban J connectivity index is 0.000000183. The summed E-state index contributed by atoms with van der Waals surface area (Å²) in [7, 11) is 0. The molecule has 5 rings (SSSR count). The molecule has 153 valence electrons. The van der Waals surface area contributed by atoms with E-state index in [1.807, 2.05) is 97.3 Å². The van der Waals surface area contributed by atoms with Gasteiger partial charge in [-0.2, -0.15) is 0 Å². The van der Waals surface area contributed by atoms with Crippen molar-refractivity contribution in [3.05, 3.63) is 128 Å². The third-order valence-electron chi connectivity index (χ3n) is 4.39. The SMILES string of the molecule is [Ir].[c-]1ccccc1-c1cc(-c2cccnc2)ccn1.[c-]1ccccc1-c1ccccn1. The molecule has 0 bridgehead atoms.